The Bertz CT molecular complexity index is 1120. The lowest BCUT2D eigenvalue weighted by atomic mass is 10.0. The van der Waals surface area contributed by atoms with E-state index in [1.165, 1.54) is 88.3 Å². The molecule has 1 N–H and O–H groups in total. The van der Waals surface area contributed by atoms with Crippen LogP contribution in [0.4, 0.5) is 5.69 Å². The average Bonchev–Trinajstić information content (AvgIpc) is 3.40. The van der Waals surface area contributed by atoms with E-state index < -0.39 is 0 Å². The van der Waals surface area contributed by atoms with Gasteiger partial charge in [0.25, 0.3) is 5.91 Å². The Hall–Kier alpha value is -2.38. The van der Waals surface area contributed by atoms with Crippen LogP contribution >= 0.6 is 11.3 Å². The molecule has 1 amide bonds. The summed E-state index contributed by atoms with van der Waals surface area (Å²) in [5.41, 5.74) is 3.96. The van der Waals surface area contributed by atoms with E-state index in [0.717, 1.165) is 30.0 Å². The van der Waals surface area contributed by atoms with Gasteiger partial charge in [0.1, 0.15) is 11.5 Å². The number of ether oxygens (including phenoxy) is 2. The van der Waals surface area contributed by atoms with Gasteiger partial charge < -0.3 is 31.8 Å². The van der Waals surface area contributed by atoms with Gasteiger partial charge in [-0.1, -0.05) is 120 Å². The molecular weight excluding hydrogens is 608 g/mol. The number of amides is 1. The van der Waals surface area contributed by atoms with Crippen molar-refractivity contribution < 1.29 is 35.8 Å². The molecule has 5 nitrogen and oxygen atoms in total. The number of benzene rings is 2. The zero-order valence-electron chi connectivity index (χ0n) is 25.8. The lowest BCUT2D eigenvalue weighted by molar-refractivity contribution is -0.683. The van der Waals surface area contributed by atoms with E-state index in [1.807, 2.05) is 48.5 Å². The van der Waals surface area contributed by atoms with Crippen molar-refractivity contribution in [2.75, 3.05) is 18.5 Å². The number of hydrogen-bond acceptors (Lipinski definition) is 4. The standard InChI is InChI=1S/C35H50N2O3S.BrH/c1-3-4-5-6-7-8-9-10-11-12-13-14-15-18-25-39-32-21-23-33(24-22-32)40-28-35(38)36-34-20-17-16-19-31(34)27-37-26-30(2)41-29-37;/h16-17,19-24,26,29H,3-15,18,25,27-28H2,1-2H3;1H. The van der Waals surface area contributed by atoms with Crippen LogP contribution in [0.2, 0.25) is 0 Å². The Balaban J connectivity index is 0.00000616. The second-order valence-corrected chi connectivity index (χ2v) is 12.1. The second kappa shape index (κ2) is 22.2. The molecular formula is C35H51BrN2O3S. The molecule has 0 fully saturated rings. The summed E-state index contributed by atoms with van der Waals surface area (Å²) in [5, 5.41) is 2.99. The fourth-order valence-electron chi connectivity index (χ4n) is 4.96. The van der Waals surface area contributed by atoms with Crippen molar-refractivity contribution in [2.45, 2.75) is 110 Å². The summed E-state index contributed by atoms with van der Waals surface area (Å²) in [5.74, 6) is 1.32. The van der Waals surface area contributed by atoms with Crippen LogP contribution in [0.1, 0.15) is 107 Å². The lowest BCUT2D eigenvalue weighted by Gasteiger charge is -2.11. The van der Waals surface area contributed by atoms with E-state index >= 15 is 0 Å². The zero-order valence-corrected chi connectivity index (χ0v) is 28.2. The normalized spacial score (nSPS) is 10.7. The number of thiazole rings is 1. The van der Waals surface area contributed by atoms with Crippen LogP contribution in [-0.4, -0.2) is 19.1 Å². The molecule has 0 atom stereocenters. The second-order valence-electron chi connectivity index (χ2n) is 11.0. The van der Waals surface area contributed by atoms with Gasteiger partial charge in [-0.15, -0.1) is 0 Å². The first kappa shape index (κ1) is 35.8. The van der Waals surface area contributed by atoms with Gasteiger partial charge in [-0.3, -0.25) is 4.79 Å². The highest BCUT2D eigenvalue weighted by molar-refractivity contribution is 7.09. The van der Waals surface area contributed by atoms with Crippen molar-refractivity contribution in [2.24, 2.45) is 0 Å². The van der Waals surface area contributed by atoms with Crippen LogP contribution in [0.15, 0.2) is 60.2 Å². The Labute approximate surface area is 268 Å². The maximum Gasteiger partial charge on any atom is 0.262 e. The molecule has 0 unspecified atom stereocenters. The summed E-state index contributed by atoms with van der Waals surface area (Å²) < 4.78 is 13.7. The number of anilines is 1. The van der Waals surface area contributed by atoms with Crippen molar-refractivity contribution in [3.05, 3.63) is 70.7 Å². The van der Waals surface area contributed by atoms with E-state index in [4.69, 9.17) is 9.47 Å². The number of unbranched alkanes of at least 4 members (excludes halogenated alkanes) is 13. The molecule has 7 heteroatoms. The van der Waals surface area contributed by atoms with Crippen LogP contribution in [0, 0.1) is 6.92 Å². The maximum absolute atomic E-state index is 12.6. The number of nitrogens with one attached hydrogen (secondary N) is 1. The predicted octanol–water partition coefficient (Wildman–Crippen LogP) is 6.27. The smallest absolute Gasteiger partial charge is 0.262 e. The fraction of sp³-hybridized carbons (Fsp3) is 0.543. The van der Waals surface area contributed by atoms with Gasteiger partial charge >= 0.3 is 0 Å². The number of aromatic nitrogens is 1. The van der Waals surface area contributed by atoms with E-state index in [-0.39, 0.29) is 29.5 Å². The summed E-state index contributed by atoms with van der Waals surface area (Å²) in [7, 11) is 0. The molecule has 42 heavy (non-hydrogen) atoms. The molecule has 3 aromatic rings. The third-order valence-corrected chi connectivity index (χ3v) is 8.18. The van der Waals surface area contributed by atoms with Gasteiger partial charge in [-0.25, -0.2) is 0 Å². The predicted molar refractivity (Wildman–Crippen MR) is 171 cm³/mol. The van der Waals surface area contributed by atoms with E-state index in [2.05, 4.69) is 35.4 Å². The number of para-hydroxylation sites is 1. The molecule has 0 aliphatic rings. The highest BCUT2D eigenvalue weighted by Gasteiger charge is 2.12. The SMILES string of the molecule is CCCCCCCCCCCCCCCCOc1ccc(OCC(=O)Nc2ccccc2C[n+]2csc(C)c2)cc1.[Br-]. The van der Waals surface area contributed by atoms with Crippen molar-refractivity contribution in [1.82, 2.24) is 0 Å². The Morgan fingerprint density at radius 2 is 1.31 bits per heavy atom. The van der Waals surface area contributed by atoms with Crippen molar-refractivity contribution in [3.8, 4) is 11.5 Å². The average molecular weight is 660 g/mol. The van der Waals surface area contributed by atoms with Crippen LogP contribution in [-0.2, 0) is 11.3 Å². The number of hydrogen-bond donors (Lipinski definition) is 1. The molecule has 0 radical (unpaired) electrons. The Morgan fingerprint density at radius 3 is 1.88 bits per heavy atom. The molecule has 0 bridgehead atoms. The van der Waals surface area contributed by atoms with Crippen LogP contribution in [0.5, 0.6) is 11.5 Å². The highest BCUT2D eigenvalue weighted by atomic mass is 79.9. The van der Waals surface area contributed by atoms with Crippen LogP contribution < -0.4 is 36.3 Å². The van der Waals surface area contributed by atoms with Crippen molar-refractivity contribution in [3.63, 3.8) is 0 Å². The molecule has 3 rings (SSSR count). The van der Waals surface area contributed by atoms with Gasteiger partial charge in [-0.2, -0.15) is 4.57 Å². The molecule has 0 saturated heterocycles. The molecule has 0 spiro atoms. The molecule has 1 aromatic heterocycles. The van der Waals surface area contributed by atoms with Gasteiger partial charge in [0, 0.05) is 5.56 Å². The van der Waals surface area contributed by atoms with E-state index in [1.54, 1.807) is 11.3 Å². The lowest BCUT2D eigenvalue weighted by Crippen LogP contribution is -3.00. The molecule has 1 heterocycles. The first-order valence-electron chi connectivity index (χ1n) is 15.8. The summed E-state index contributed by atoms with van der Waals surface area (Å²) in [6.07, 6.45) is 21.1. The van der Waals surface area contributed by atoms with Crippen molar-refractivity contribution in [1.29, 1.82) is 0 Å². The summed E-state index contributed by atoms with van der Waals surface area (Å²) >= 11 is 1.71. The minimum atomic E-state index is -0.179. The van der Waals surface area contributed by atoms with Gasteiger partial charge in [-0.05, 0) is 43.7 Å². The Kier molecular flexibility index (Phi) is 18.9. The highest BCUT2D eigenvalue weighted by Crippen LogP contribution is 2.19. The van der Waals surface area contributed by atoms with E-state index in [9.17, 15) is 4.79 Å². The third-order valence-electron chi connectivity index (χ3n) is 7.33. The third kappa shape index (κ3) is 15.2. The number of rotatable bonds is 22. The summed E-state index contributed by atoms with van der Waals surface area (Å²) in [6.45, 7) is 5.78. The largest absolute Gasteiger partial charge is 1.00 e. The van der Waals surface area contributed by atoms with E-state index in [0.29, 0.717) is 12.3 Å². The number of aryl methyl sites for hydroxylation is 1. The van der Waals surface area contributed by atoms with Gasteiger partial charge in [0.05, 0.1) is 17.2 Å². The summed E-state index contributed by atoms with van der Waals surface area (Å²) in [4.78, 5) is 13.8. The molecule has 0 aliphatic carbocycles. The number of halogens is 1. The number of carbonyl (C=O) groups excluding carboxylic acids is 1. The molecule has 0 aliphatic heterocycles. The minimum absolute atomic E-state index is 0. The number of carbonyl (C=O) groups is 1. The van der Waals surface area contributed by atoms with Gasteiger partial charge in [0.15, 0.2) is 19.3 Å². The van der Waals surface area contributed by atoms with Crippen molar-refractivity contribution >= 4 is 22.9 Å². The first-order chi connectivity index (χ1) is 20.1. The number of nitrogens with zero attached hydrogens (tertiary/aromatic N) is 1. The molecule has 2 aromatic carbocycles. The first-order valence-corrected chi connectivity index (χ1v) is 16.7. The zero-order chi connectivity index (χ0) is 29.0. The summed E-state index contributed by atoms with van der Waals surface area (Å²) in [6, 6.07) is 15.4. The molecule has 232 valence electrons. The fourth-order valence-corrected chi connectivity index (χ4v) is 5.59. The quantitative estimate of drug-likeness (QED) is 0.102. The molecule has 0 saturated carbocycles. The topological polar surface area (TPSA) is 51.4 Å². The Morgan fingerprint density at radius 1 is 0.762 bits per heavy atom. The van der Waals surface area contributed by atoms with Gasteiger partial charge in [0.2, 0.25) is 5.51 Å². The van der Waals surface area contributed by atoms with Crippen LogP contribution in [0.25, 0.3) is 0 Å². The van der Waals surface area contributed by atoms with Crippen LogP contribution in [0.3, 0.4) is 0 Å². The monoisotopic (exact) mass is 658 g/mol. The minimum Gasteiger partial charge on any atom is -1.00 e. The maximum atomic E-state index is 12.6.